The van der Waals surface area contributed by atoms with Gasteiger partial charge in [0.2, 0.25) is 5.91 Å². The van der Waals surface area contributed by atoms with Gasteiger partial charge >= 0.3 is 5.97 Å². The molecule has 158 valence electrons. The molecule has 6 nitrogen and oxygen atoms in total. The van der Waals surface area contributed by atoms with Crippen LogP contribution in [0.5, 0.6) is 0 Å². The first-order chi connectivity index (χ1) is 13.8. The first-order valence-electron chi connectivity index (χ1n) is 10.6. The van der Waals surface area contributed by atoms with Gasteiger partial charge in [-0.1, -0.05) is 17.7 Å². The van der Waals surface area contributed by atoms with Crippen molar-refractivity contribution in [2.45, 2.75) is 50.6 Å². The van der Waals surface area contributed by atoms with Crippen LogP contribution in [-0.4, -0.2) is 71.6 Å². The number of carbonyl (C=O) groups is 2. The number of amides is 1. The number of rotatable bonds is 3. The van der Waals surface area contributed by atoms with Crippen molar-refractivity contribution in [1.82, 2.24) is 9.80 Å². The summed E-state index contributed by atoms with van der Waals surface area (Å²) in [6.45, 7) is 5.75. The normalized spacial score (nSPS) is 25.8. The quantitative estimate of drug-likeness (QED) is 0.815. The van der Waals surface area contributed by atoms with Crippen molar-refractivity contribution in [2.75, 3.05) is 38.1 Å². The van der Waals surface area contributed by atoms with Gasteiger partial charge in [-0.2, -0.15) is 0 Å². The molecule has 0 radical (unpaired) electrons. The number of carboxylic acids is 1. The van der Waals surface area contributed by atoms with Crippen molar-refractivity contribution in [3.8, 4) is 0 Å². The van der Waals surface area contributed by atoms with Crippen LogP contribution in [0.25, 0.3) is 0 Å². The van der Waals surface area contributed by atoms with Crippen molar-refractivity contribution in [2.24, 2.45) is 5.92 Å². The number of carbonyl (C=O) groups excluding carboxylic acids is 1. The van der Waals surface area contributed by atoms with Crippen molar-refractivity contribution < 1.29 is 14.7 Å². The molecule has 1 aromatic rings. The summed E-state index contributed by atoms with van der Waals surface area (Å²) in [5, 5.41) is 10.5. The second-order valence-electron chi connectivity index (χ2n) is 8.84. The highest BCUT2D eigenvalue weighted by molar-refractivity contribution is 6.31. The molecule has 7 heteroatoms. The van der Waals surface area contributed by atoms with E-state index in [1.54, 1.807) is 11.9 Å². The Morgan fingerprint density at radius 2 is 1.83 bits per heavy atom. The number of hydrogen-bond acceptors (Lipinski definition) is 4. The van der Waals surface area contributed by atoms with Crippen molar-refractivity contribution >= 4 is 29.2 Å². The summed E-state index contributed by atoms with van der Waals surface area (Å²) in [4.78, 5) is 30.6. The summed E-state index contributed by atoms with van der Waals surface area (Å²) in [5.74, 6) is -1.44. The predicted octanol–water partition coefficient (Wildman–Crippen LogP) is 3.01. The third-order valence-electron chi connectivity index (χ3n) is 7.53. The van der Waals surface area contributed by atoms with E-state index >= 15 is 0 Å². The molecule has 3 aliphatic heterocycles. The van der Waals surface area contributed by atoms with Crippen LogP contribution in [0.4, 0.5) is 5.69 Å². The molecule has 1 spiro atoms. The van der Waals surface area contributed by atoms with E-state index in [-0.39, 0.29) is 12.3 Å². The molecule has 1 aromatic carbocycles. The van der Waals surface area contributed by atoms with Crippen LogP contribution in [0.1, 0.15) is 37.7 Å². The number of hydrogen-bond donors (Lipinski definition) is 1. The van der Waals surface area contributed by atoms with Gasteiger partial charge < -0.3 is 19.8 Å². The Labute approximate surface area is 177 Å². The second kappa shape index (κ2) is 7.80. The van der Waals surface area contributed by atoms with Crippen molar-refractivity contribution in [1.29, 1.82) is 0 Å². The number of anilines is 1. The summed E-state index contributed by atoms with van der Waals surface area (Å²) < 4.78 is 0. The molecule has 3 saturated heterocycles. The third-order valence-corrected chi connectivity index (χ3v) is 7.94. The second-order valence-corrected chi connectivity index (χ2v) is 9.25. The molecule has 1 unspecified atom stereocenters. The van der Waals surface area contributed by atoms with Gasteiger partial charge in [0.05, 0.1) is 11.5 Å². The molecule has 1 atom stereocenters. The van der Waals surface area contributed by atoms with Gasteiger partial charge in [-0.3, -0.25) is 9.59 Å². The number of likely N-dealkylation sites (tertiary alicyclic amines) is 2. The Balaban J connectivity index is 1.36. The first-order valence-corrected chi connectivity index (χ1v) is 10.9. The number of benzene rings is 1. The number of aliphatic carboxylic acids is 1. The standard InChI is InChI=1S/C22H30ClN3O3/c1-15-3-4-17(13-19(15)23)25-9-5-16(6-10-25)26-11-7-22(8-12-26)18(21(28)29)14-20(27)24(22)2/h3-4,13,16,18H,5-12,14H2,1-2H3,(H,28,29). The Bertz CT molecular complexity index is 798. The summed E-state index contributed by atoms with van der Waals surface area (Å²) in [6.07, 6.45) is 3.83. The van der Waals surface area contributed by atoms with E-state index < -0.39 is 17.4 Å². The smallest absolute Gasteiger partial charge is 0.309 e. The van der Waals surface area contributed by atoms with Gasteiger partial charge in [-0.15, -0.1) is 0 Å². The summed E-state index contributed by atoms with van der Waals surface area (Å²) in [5.41, 5.74) is 1.79. The molecule has 29 heavy (non-hydrogen) atoms. The highest BCUT2D eigenvalue weighted by atomic mass is 35.5. The maximum Gasteiger partial charge on any atom is 0.309 e. The number of carboxylic acid groups (broad SMARTS) is 1. The number of aryl methyl sites for hydroxylation is 1. The molecule has 4 rings (SSSR count). The monoisotopic (exact) mass is 419 g/mol. The highest BCUT2D eigenvalue weighted by Crippen LogP contribution is 2.43. The molecule has 3 heterocycles. The van der Waals surface area contributed by atoms with E-state index in [2.05, 4.69) is 28.0 Å². The van der Waals surface area contributed by atoms with Crippen LogP contribution in [0.2, 0.25) is 5.02 Å². The SMILES string of the molecule is Cc1ccc(N2CCC(N3CCC4(CC3)C(C(=O)O)CC(=O)N4C)CC2)cc1Cl. The topological polar surface area (TPSA) is 64.1 Å². The fourth-order valence-corrected chi connectivity index (χ4v) is 5.70. The lowest BCUT2D eigenvalue weighted by molar-refractivity contribution is -0.146. The van der Waals surface area contributed by atoms with Crippen molar-refractivity contribution in [3.63, 3.8) is 0 Å². The fraction of sp³-hybridized carbons (Fsp3) is 0.636. The predicted molar refractivity (Wildman–Crippen MR) is 113 cm³/mol. The number of piperidine rings is 2. The van der Waals surface area contributed by atoms with Crippen LogP contribution < -0.4 is 4.90 Å². The molecule has 1 amide bonds. The minimum Gasteiger partial charge on any atom is -0.481 e. The maximum absolute atomic E-state index is 12.2. The van der Waals surface area contributed by atoms with Crippen LogP contribution >= 0.6 is 11.6 Å². The minimum absolute atomic E-state index is 0.0316. The van der Waals surface area contributed by atoms with E-state index in [1.807, 2.05) is 6.92 Å². The molecular weight excluding hydrogens is 390 g/mol. The van der Waals surface area contributed by atoms with E-state index in [4.69, 9.17) is 11.6 Å². The van der Waals surface area contributed by atoms with Gasteiger partial charge in [0, 0.05) is 56.4 Å². The summed E-state index contributed by atoms with van der Waals surface area (Å²) in [6, 6.07) is 6.80. The van der Waals surface area contributed by atoms with E-state index in [0.29, 0.717) is 6.04 Å². The number of halogens is 1. The van der Waals surface area contributed by atoms with Crippen LogP contribution in [0.15, 0.2) is 18.2 Å². The zero-order valence-corrected chi connectivity index (χ0v) is 18.0. The van der Waals surface area contributed by atoms with Crippen LogP contribution in [0, 0.1) is 12.8 Å². The minimum atomic E-state index is -0.832. The van der Waals surface area contributed by atoms with Crippen molar-refractivity contribution in [3.05, 3.63) is 28.8 Å². The molecule has 1 N–H and O–H groups in total. The molecule has 0 aromatic heterocycles. The Morgan fingerprint density at radius 3 is 2.41 bits per heavy atom. The first kappa shape index (κ1) is 20.5. The van der Waals surface area contributed by atoms with Gasteiger partial charge in [-0.25, -0.2) is 0 Å². The van der Waals surface area contributed by atoms with Gasteiger partial charge in [0.1, 0.15) is 0 Å². The van der Waals surface area contributed by atoms with E-state index in [1.165, 1.54) is 5.69 Å². The average Bonchev–Trinajstić information content (AvgIpc) is 2.96. The average molecular weight is 420 g/mol. The Morgan fingerprint density at radius 1 is 1.17 bits per heavy atom. The Kier molecular flexibility index (Phi) is 5.51. The molecule has 3 fully saturated rings. The zero-order chi connectivity index (χ0) is 20.8. The third kappa shape index (κ3) is 3.61. The molecule has 3 aliphatic rings. The lowest BCUT2D eigenvalue weighted by atomic mass is 9.76. The molecular formula is C22H30ClN3O3. The largest absolute Gasteiger partial charge is 0.481 e. The lowest BCUT2D eigenvalue weighted by Gasteiger charge is -2.48. The van der Waals surface area contributed by atoms with Gasteiger partial charge in [0.15, 0.2) is 0 Å². The highest BCUT2D eigenvalue weighted by Gasteiger charge is 2.55. The van der Waals surface area contributed by atoms with E-state index in [0.717, 1.165) is 62.4 Å². The lowest BCUT2D eigenvalue weighted by Crippen LogP contribution is -2.58. The van der Waals surface area contributed by atoms with Crippen LogP contribution in [0.3, 0.4) is 0 Å². The molecule has 0 saturated carbocycles. The number of nitrogens with zero attached hydrogens (tertiary/aromatic N) is 3. The zero-order valence-electron chi connectivity index (χ0n) is 17.2. The van der Waals surface area contributed by atoms with Gasteiger partial charge in [-0.05, 0) is 50.3 Å². The Hall–Kier alpha value is -1.79. The molecule has 0 bridgehead atoms. The molecule has 0 aliphatic carbocycles. The van der Waals surface area contributed by atoms with E-state index in [9.17, 15) is 14.7 Å². The summed E-state index contributed by atoms with van der Waals surface area (Å²) >= 11 is 6.29. The van der Waals surface area contributed by atoms with Crippen LogP contribution in [-0.2, 0) is 9.59 Å². The fourth-order valence-electron chi connectivity index (χ4n) is 5.53. The summed E-state index contributed by atoms with van der Waals surface area (Å²) in [7, 11) is 1.78. The maximum atomic E-state index is 12.2. The van der Waals surface area contributed by atoms with Gasteiger partial charge in [0.25, 0.3) is 0 Å².